The quantitative estimate of drug-likeness (QED) is 0.519. The number of allylic oxidation sites excluding steroid dienone is 3. The Morgan fingerprint density at radius 3 is 1.94 bits per heavy atom. The first-order valence-corrected chi connectivity index (χ1v) is 6.53. The van der Waals surface area contributed by atoms with Gasteiger partial charge < -0.3 is 0 Å². The first-order chi connectivity index (χ1) is 7.20. The highest BCUT2D eigenvalue weighted by atomic mass is 14.3. The van der Waals surface area contributed by atoms with Gasteiger partial charge in [0.2, 0.25) is 0 Å². The third-order valence-corrected chi connectivity index (χ3v) is 3.79. The van der Waals surface area contributed by atoms with Gasteiger partial charge >= 0.3 is 0 Å². The second-order valence-corrected chi connectivity index (χ2v) is 6.20. The molecule has 0 heteroatoms. The van der Waals surface area contributed by atoms with Gasteiger partial charge in [0.25, 0.3) is 0 Å². The molecule has 0 amide bonds. The highest BCUT2D eigenvalue weighted by Gasteiger charge is 2.22. The van der Waals surface area contributed by atoms with Crippen molar-refractivity contribution in [2.75, 3.05) is 0 Å². The van der Waals surface area contributed by atoms with Crippen LogP contribution in [-0.2, 0) is 0 Å². The maximum atomic E-state index is 4.26. The molecule has 0 rings (SSSR count). The SMILES string of the molecule is C=C(CCC(CC)=C(C)C)C(C)C(C)(C)C. The van der Waals surface area contributed by atoms with Gasteiger partial charge in [-0.05, 0) is 44.4 Å². The fourth-order valence-corrected chi connectivity index (χ4v) is 1.92. The van der Waals surface area contributed by atoms with Crippen molar-refractivity contribution in [3.63, 3.8) is 0 Å². The van der Waals surface area contributed by atoms with Gasteiger partial charge in [0.1, 0.15) is 0 Å². The van der Waals surface area contributed by atoms with Crippen LogP contribution in [0.4, 0.5) is 0 Å². The molecule has 1 unspecified atom stereocenters. The van der Waals surface area contributed by atoms with E-state index in [1.807, 2.05) is 0 Å². The summed E-state index contributed by atoms with van der Waals surface area (Å²) in [6.45, 7) is 20.1. The summed E-state index contributed by atoms with van der Waals surface area (Å²) in [6, 6.07) is 0. The fourth-order valence-electron chi connectivity index (χ4n) is 1.92. The van der Waals surface area contributed by atoms with E-state index in [4.69, 9.17) is 0 Å². The molecule has 0 nitrogen and oxygen atoms in total. The molecule has 0 aromatic rings. The predicted molar refractivity (Wildman–Crippen MR) is 75.7 cm³/mol. The minimum atomic E-state index is 0.342. The van der Waals surface area contributed by atoms with Crippen LogP contribution in [0.25, 0.3) is 0 Å². The van der Waals surface area contributed by atoms with E-state index in [1.54, 1.807) is 5.57 Å². The third kappa shape index (κ3) is 5.01. The standard InChI is InChI=1S/C16H30/c1-9-15(12(2)3)11-10-13(4)14(5)16(6,7)8/h14H,4,9-11H2,1-3,5-8H3. The largest absolute Gasteiger partial charge is 0.0996 e. The number of hydrogen-bond acceptors (Lipinski definition) is 0. The van der Waals surface area contributed by atoms with Crippen molar-refractivity contribution in [3.05, 3.63) is 23.3 Å². The molecule has 0 fully saturated rings. The summed E-state index contributed by atoms with van der Waals surface area (Å²) in [6.07, 6.45) is 3.52. The Morgan fingerprint density at radius 2 is 1.62 bits per heavy atom. The lowest BCUT2D eigenvalue weighted by Crippen LogP contribution is -2.19. The second kappa shape index (κ2) is 6.27. The first-order valence-electron chi connectivity index (χ1n) is 6.53. The lowest BCUT2D eigenvalue weighted by Gasteiger charge is -2.29. The Kier molecular flexibility index (Phi) is 6.07. The molecule has 1 atom stereocenters. The number of hydrogen-bond donors (Lipinski definition) is 0. The molecule has 0 aliphatic carbocycles. The minimum Gasteiger partial charge on any atom is -0.0996 e. The summed E-state index contributed by atoms with van der Waals surface area (Å²) in [7, 11) is 0. The molecule has 0 heterocycles. The van der Waals surface area contributed by atoms with Crippen molar-refractivity contribution in [3.8, 4) is 0 Å². The predicted octanol–water partition coefficient (Wildman–Crippen LogP) is 5.75. The van der Waals surface area contributed by atoms with Crippen LogP contribution in [0.1, 0.15) is 67.7 Å². The van der Waals surface area contributed by atoms with Crippen LogP contribution in [0.5, 0.6) is 0 Å². The zero-order valence-corrected chi connectivity index (χ0v) is 12.4. The van der Waals surface area contributed by atoms with Gasteiger partial charge in [-0.3, -0.25) is 0 Å². The van der Waals surface area contributed by atoms with Crippen LogP contribution in [0.2, 0.25) is 0 Å². The topological polar surface area (TPSA) is 0 Å². The average molecular weight is 222 g/mol. The van der Waals surface area contributed by atoms with Gasteiger partial charge in [0, 0.05) is 0 Å². The molecular formula is C16H30. The van der Waals surface area contributed by atoms with Gasteiger partial charge in [0.05, 0.1) is 0 Å². The van der Waals surface area contributed by atoms with Crippen LogP contribution in [0.15, 0.2) is 23.3 Å². The Morgan fingerprint density at radius 1 is 1.12 bits per heavy atom. The van der Waals surface area contributed by atoms with Gasteiger partial charge in [-0.1, -0.05) is 57.9 Å². The van der Waals surface area contributed by atoms with E-state index >= 15 is 0 Å². The first kappa shape index (κ1) is 15.5. The smallest absolute Gasteiger partial charge is 0.0185 e. The maximum Gasteiger partial charge on any atom is -0.0185 e. The van der Waals surface area contributed by atoms with Crippen molar-refractivity contribution >= 4 is 0 Å². The van der Waals surface area contributed by atoms with Crippen molar-refractivity contribution in [1.29, 1.82) is 0 Å². The van der Waals surface area contributed by atoms with Gasteiger partial charge in [-0.25, -0.2) is 0 Å². The van der Waals surface area contributed by atoms with E-state index in [0.29, 0.717) is 11.3 Å². The summed E-state index contributed by atoms with van der Waals surface area (Å²) in [5, 5.41) is 0. The van der Waals surface area contributed by atoms with Gasteiger partial charge in [0.15, 0.2) is 0 Å². The summed E-state index contributed by atoms with van der Waals surface area (Å²) < 4.78 is 0. The zero-order chi connectivity index (χ0) is 12.9. The third-order valence-electron chi connectivity index (χ3n) is 3.79. The normalized spacial score (nSPS) is 13.4. The summed E-state index contributed by atoms with van der Waals surface area (Å²) >= 11 is 0. The highest BCUT2D eigenvalue weighted by Crippen LogP contribution is 2.33. The Balaban J connectivity index is 4.34. The minimum absolute atomic E-state index is 0.342. The van der Waals surface area contributed by atoms with E-state index in [0.717, 1.165) is 6.42 Å². The molecule has 0 aliphatic rings. The maximum absolute atomic E-state index is 4.26. The summed E-state index contributed by atoms with van der Waals surface area (Å²) in [4.78, 5) is 0. The molecule has 0 N–H and O–H groups in total. The van der Waals surface area contributed by atoms with E-state index in [9.17, 15) is 0 Å². The van der Waals surface area contributed by atoms with Crippen molar-refractivity contribution in [1.82, 2.24) is 0 Å². The number of rotatable bonds is 5. The molecule has 0 radical (unpaired) electrons. The van der Waals surface area contributed by atoms with E-state index in [-0.39, 0.29) is 0 Å². The zero-order valence-electron chi connectivity index (χ0n) is 12.4. The molecular weight excluding hydrogens is 192 g/mol. The fraction of sp³-hybridized carbons (Fsp3) is 0.750. The van der Waals surface area contributed by atoms with Gasteiger partial charge in [-0.2, -0.15) is 0 Å². The van der Waals surface area contributed by atoms with Crippen molar-refractivity contribution in [2.24, 2.45) is 11.3 Å². The molecule has 0 spiro atoms. The molecule has 0 saturated carbocycles. The Labute approximate surface area is 103 Å². The van der Waals surface area contributed by atoms with Crippen LogP contribution in [0, 0.1) is 11.3 Å². The van der Waals surface area contributed by atoms with Crippen LogP contribution in [-0.4, -0.2) is 0 Å². The van der Waals surface area contributed by atoms with Crippen LogP contribution < -0.4 is 0 Å². The molecule has 0 aliphatic heterocycles. The Bertz CT molecular complexity index is 256. The molecule has 0 saturated heterocycles. The van der Waals surface area contributed by atoms with Crippen molar-refractivity contribution in [2.45, 2.75) is 67.7 Å². The lowest BCUT2D eigenvalue weighted by atomic mass is 9.76. The average Bonchev–Trinajstić information content (AvgIpc) is 2.15. The monoisotopic (exact) mass is 222 g/mol. The Hall–Kier alpha value is -0.520. The van der Waals surface area contributed by atoms with Gasteiger partial charge in [-0.15, -0.1) is 0 Å². The molecule has 0 bridgehead atoms. The molecule has 0 aromatic heterocycles. The summed E-state index contributed by atoms with van der Waals surface area (Å²) in [5.74, 6) is 0.600. The van der Waals surface area contributed by atoms with E-state index < -0.39 is 0 Å². The molecule has 0 aromatic carbocycles. The van der Waals surface area contributed by atoms with E-state index in [2.05, 4.69) is 55.0 Å². The lowest BCUT2D eigenvalue weighted by molar-refractivity contribution is 0.295. The van der Waals surface area contributed by atoms with Crippen LogP contribution in [0.3, 0.4) is 0 Å². The molecule has 94 valence electrons. The molecule has 16 heavy (non-hydrogen) atoms. The highest BCUT2D eigenvalue weighted by molar-refractivity contribution is 5.13. The van der Waals surface area contributed by atoms with E-state index in [1.165, 1.54) is 24.0 Å². The van der Waals surface area contributed by atoms with Crippen molar-refractivity contribution < 1.29 is 0 Å². The van der Waals surface area contributed by atoms with Crippen LogP contribution >= 0.6 is 0 Å². The second-order valence-electron chi connectivity index (χ2n) is 6.20. The summed E-state index contributed by atoms with van der Waals surface area (Å²) in [5.41, 5.74) is 4.83.